The fraction of sp³-hybridized carbons (Fsp3) is 1.00. The molecule has 0 radical (unpaired) electrons. The third-order valence-corrected chi connectivity index (χ3v) is 3.01. The van der Waals surface area contributed by atoms with Crippen LogP contribution in [-0.4, -0.2) is 24.0 Å². The van der Waals surface area contributed by atoms with Gasteiger partial charge in [0.2, 0.25) is 0 Å². The first-order chi connectivity index (χ1) is 6.19. The minimum atomic E-state index is -0.608. The normalized spacial score (nSPS) is 36.5. The molecular weight excluding hydrogens is 166 g/mol. The molecular formula is C10H21NO2. The third kappa shape index (κ3) is 2.66. The van der Waals surface area contributed by atoms with Gasteiger partial charge in [0.1, 0.15) is 0 Å². The number of aliphatic hydroxyl groups is 1. The van der Waals surface area contributed by atoms with Gasteiger partial charge in [-0.3, -0.25) is 0 Å². The highest BCUT2D eigenvalue weighted by atomic mass is 16.6. The third-order valence-electron chi connectivity index (χ3n) is 3.01. The SMILES string of the molecule is CCOC(O)C1CC(N)CC1CC. The standard InChI is InChI=1S/C10H21NO2/c1-3-7-5-8(11)6-9(7)10(12)13-4-2/h7-10,12H,3-6,11H2,1-2H3. The van der Waals surface area contributed by atoms with Gasteiger partial charge in [-0.05, 0) is 25.7 Å². The molecule has 1 saturated carbocycles. The summed E-state index contributed by atoms with van der Waals surface area (Å²) in [6.07, 6.45) is 2.41. The fourth-order valence-corrected chi connectivity index (χ4v) is 2.31. The van der Waals surface area contributed by atoms with Crippen molar-refractivity contribution in [2.24, 2.45) is 17.6 Å². The van der Waals surface area contributed by atoms with Crippen LogP contribution in [0.5, 0.6) is 0 Å². The molecule has 0 amide bonds. The van der Waals surface area contributed by atoms with E-state index in [4.69, 9.17) is 10.5 Å². The van der Waals surface area contributed by atoms with E-state index >= 15 is 0 Å². The van der Waals surface area contributed by atoms with Gasteiger partial charge >= 0.3 is 0 Å². The minimum absolute atomic E-state index is 0.250. The summed E-state index contributed by atoms with van der Waals surface area (Å²) in [6.45, 7) is 4.62. The lowest BCUT2D eigenvalue weighted by atomic mass is 9.93. The molecule has 0 heterocycles. The molecule has 0 aromatic rings. The van der Waals surface area contributed by atoms with Crippen molar-refractivity contribution < 1.29 is 9.84 Å². The Morgan fingerprint density at radius 3 is 2.69 bits per heavy atom. The number of hydrogen-bond donors (Lipinski definition) is 2. The van der Waals surface area contributed by atoms with Crippen molar-refractivity contribution in [3.8, 4) is 0 Å². The molecule has 1 aliphatic rings. The van der Waals surface area contributed by atoms with Crippen LogP contribution in [0.2, 0.25) is 0 Å². The van der Waals surface area contributed by atoms with Crippen LogP contribution in [0.4, 0.5) is 0 Å². The zero-order valence-corrected chi connectivity index (χ0v) is 8.57. The smallest absolute Gasteiger partial charge is 0.157 e. The molecule has 0 aromatic heterocycles. The van der Waals surface area contributed by atoms with Crippen LogP contribution in [0.15, 0.2) is 0 Å². The minimum Gasteiger partial charge on any atom is -0.368 e. The summed E-state index contributed by atoms with van der Waals surface area (Å²) < 4.78 is 5.21. The highest BCUT2D eigenvalue weighted by Crippen LogP contribution is 2.35. The van der Waals surface area contributed by atoms with Gasteiger partial charge in [0.05, 0.1) is 0 Å². The van der Waals surface area contributed by atoms with Gasteiger partial charge in [-0.1, -0.05) is 13.3 Å². The van der Waals surface area contributed by atoms with Crippen molar-refractivity contribution in [3.63, 3.8) is 0 Å². The van der Waals surface area contributed by atoms with Crippen LogP contribution < -0.4 is 5.73 Å². The van der Waals surface area contributed by atoms with Crippen molar-refractivity contribution >= 4 is 0 Å². The van der Waals surface area contributed by atoms with Gasteiger partial charge in [-0.25, -0.2) is 0 Å². The maximum absolute atomic E-state index is 9.69. The van der Waals surface area contributed by atoms with Crippen molar-refractivity contribution in [1.29, 1.82) is 0 Å². The summed E-state index contributed by atoms with van der Waals surface area (Å²) in [5, 5.41) is 9.69. The second-order valence-electron chi connectivity index (χ2n) is 3.91. The predicted octanol–water partition coefficient (Wildman–Crippen LogP) is 1.10. The average molecular weight is 187 g/mol. The highest BCUT2D eigenvalue weighted by Gasteiger charge is 2.36. The lowest BCUT2D eigenvalue weighted by Crippen LogP contribution is -2.27. The van der Waals surface area contributed by atoms with E-state index in [0.717, 1.165) is 19.3 Å². The van der Waals surface area contributed by atoms with Crippen LogP contribution in [0.3, 0.4) is 0 Å². The van der Waals surface area contributed by atoms with E-state index in [-0.39, 0.29) is 12.0 Å². The number of aliphatic hydroxyl groups excluding tert-OH is 1. The summed E-state index contributed by atoms with van der Waals surface area (Å²) in [4.78, 5) is 0. The summed E-state index contributed by atoms with van der Waals surface area (Å²) in [7, 11) is 0. The Labute approximate surface area is 80.3 Å². The zero-order chi connectivity index (χ0) is 9.84. The molecule has 13 heavy (non-hydrogen) atoms. The Hall–Kier alpha value is -0.120. The van der Waals surface area contributed by atoms with Gasteiger partial charge < -0.3 is 15.6 Å². The lowest BCUT2D eigenvalue weighted by Gasteiger charge is -2.23. The molecule has 0 bridgehead atoms. The quantitative estimate of drug-likeness (QED) is 0.648. The maximum Gasteiger partial charge on any atom is 0.157 e. The Morgan fingerprint density at radius 1 is 1.46 bits per heavy atom. The molecule has 3 nitrogen and oxygen atoms in total. The first kappa shape index (κ1) is 11.0. The van der Waals surface area contributed by atoms with E-state index in [0.29, 0.717) is 12.5 Å². The molecule has 1 rings (SSSR count). The second-order valence-corrected chi connectivity index (χ2v) is 3.91. The number of nitrogens with two attached hydrogens (primary N) is 1. The first-order valence-corrected chi connectivity index (χ1v) is 5.24. The molecule has 1 aliphatic carbocycles. The van der Waals surface area contributed by atoms with Crippen LogP contribution in [0.25, 0.3) is 0 Å². The second kappa shape index (κ2) is 4.94. The Morgan fingerprint density at radius 2 is 2.15 bits per heavy atom. The molecule has 0 spiro atoms. The average Bonchev–Trinajstić information content (AvgIpc) is 2.47. The Bertz CT molecular complexity index is 152. The van der Waals surface area contributed by atoms with Gasteiger partial charge in [-0.15, -0.1) is 0 Å². The largest absolute Gasteiger partial charge is 0.368 e. The molecule has 1 fully saturated rings. The van der Waals surface area contributed by atoms with E-state index in [1.54, 1.807) is 0 Å². The molecule has 4 unspecified atom stereocenters. The van der Waals surface area contributed by atoms with Crippen LogP contribution in [0.1, 0.15) is 33.1 Å². The van der Waals surface area contributed by atoms with E-state index < -0.39 is 6.29 Å². The Balaban J connectivity index is 2.46. The van der Waals surface area contributed by atoms with Crippen molar-refractivity contribution in [2.75, 3.05) is 6.61 Å². The molecule has 78 valence electrons. The summed E-state index contributed by atoms with van der Waals surface area (Å²) in [5.74, 6) is 0.788. The number of hydrogen-bond acceptors (Lipinski definition) is 3. The number of rotatable bonds is 4. The summed E-state index contributed by atoms with van der Waals surface area (Å²) in [6, 6.07) is 0.255. The van der Waals surface area contributed by atoms with Gasteiger partial charge in [0, 0.05) is 18.6 Å². The molecule has 0 saturated heterocycles. The molecule has 3 heteroatoms. The maximum atomic E-state index is 9.69. The van der Waals surface area contributed by atoms with E-state index in [2.05, 4.69) is 6.92 Å². The van der Waals surface area contributed by atoms with Gasteiger partial charge in [0.25, 0.3) is 0 Å². The van der Waals surface area contributed by atoms with E-state index in [1.807, 2.05) is 6.92 Å². The molecule has 3 N–H and O–H groups in total. The van der Waals surface area contributed by atoms with Crippen LogP contribution in [0, 0.1) is 11.8 Å². The monoisotopic (exact) mass is 187 g/mol. The molecule has 4 atom stereocenters. The van der Waals surface area contributed by atoms with Crippen molar-refractivity contribution in [3.05, 3.63) is 0 Å². The number of ether oxygens (including phenoxy) is 1. The van der Waals surface area contributed by atoms with E-state index in [9.17, 15) is 5.11 Å². The zero-order valence-electron chi connectivity index (χ0n) is 8.57. The van der Waals surface area contributed by atoms with E-state index in [1.165, 1.54) is 0 Å². The lowest BCUT2D eigenvalue weighted by molar-refractivity contribution is -0.138. The predicted molar refractivity (Wildman–Crippen MR) is 52.1 cm³/mol. The fourth-order valence-electron chi connectivity index (χ4n) is 2.31. The van der Waals surface area contributed by atoms with Crippen molar-refractivity contribution in [2.45, 2.75) is 45.4 Å². The van der Waals surface area contributed by atoms with Crippen LogP contribution >= 0.6 is 0 Å². The highest BCUT2D eigenvalue weighted by molar-refractivity contribution is 4.86. The topological polar surface area (TPSA) is 55.5 Å². The first-order valence-electron chi connectivity index (χ1n) is 5.24. The summed E-state index contributed by atoms with van der Waals surface area (Å²) in [5.41, 5.74) is 5.86. The van der Waals surface area contributed by atoms with Gasteiger partial charge in [-0.2, -0.15) is 0 Å². The van der Waals surface area contributed by atoms with Crippen LogP contribution in [-0.2, 0) is 4.74 Å². The molecule has 0 aromatic carbocycles. The van der Waals surface area contributed by atoms with Crippen molar-refractivity contribution in [1.82, 2.24) is 0 Å². The van der Waals surface area contributed by atoms with Gasteiger partial charge in [0.15, 0.2) is 6.29 Å². The molecule has 0 aliphatic heterocycles. The Kier molecular flexibility index (Phi) is 4.16. The summed E-state index contributed by atoms with van der Waals surface area (Å²) >= 11 is 0.